The number of amides is 1. The fraction of sp³-hybridized carbons (Fsp3) is 0.421. The molecule has 1 aromatic carbocycles. The number of carbonyl (C=O) groups is 2. The van der Waals surface area contributed by atoms with Gasteiger partial charge in [-0.15, -0.1) is 11.3 Å². The number of carbonyl (C=O) groups excluding carboxylic acids is 1. The van der Waals surface area contributed by atoms with Crippen molar-refractivity contribution in [3.63, 3.8) is 0 Å². The topological polar surface area (TPSA) is 88.5 Å². The van der Waals surface area contributed by atoms with E-state index in [-0.39, 0.29) is 12.3 Å². The van der Waals surface area contributed by atoms with E-state index < -0.39 is 11.5 Å². The Labute approximate surface area is 157 Å². The summed E-state index contributed by atoms with van der Waals surface area (Å²) in [6.07, 6.45) is 0.365. The van der Waals surface area contributed by atoms with Gasteiger partial charge in [0.15, 0.2) is 0 Å². The van der Waals surface area contributed by atoms with Gasteiger partial charge in [-0.2, -0.15) is 0 Å². The highest BCUT2D eigenvalue weighted by atomic mass is 32.1. The molecule has 0 unspecified atom stereocenters. The van der Waals surface area contributed by atoms with Crippen molar-refractivity contribution in [2.24, 2.45) is 0 Å². The van der Waals surface area contributed by atoms with E-state index in [1.54, 1.807) is 6.92 Å². The molecule has 1 amide bonds. The molecule has 0 aliphatic carbocycles. The van der Waals surface area contributed by atoms with Crippen LogP contribution in [0.4, 0.5) is 0 Å². The number of aromatic nitrogens is 1. The predicted molar refractivity (Wildman–Crippen MR) is 102 cm³/mol. The van der Waals surface area contributed by atoms with Crippen LogP contribution in [0.2, 0.25) is 0 Å². The molecule has 0 atom stereocenters. The van der Waals surface area contributed by atoms with Gasteiger partial charge in [0.2, 0.25) is 0 Å². The highest BCUT2D eigenvalue weighted by molar-refractivity contribution is 7.17. The second kappa shape index (κ2) is 8.31. The van der Waals surface area contributed by atoms with Crippen molar-refractivity contribution in [2.45, 2.75) is 46.1 Å². The molecule has 140 valence electrons. The number of hydrogen-bond acceptors (Lipinski definition) is 5. The Bertz CT molecular complexity index is 781. The molecule has 26 heavy (non-hydrogen) atoms. The maximum Gasteiger partial charge on any atom is 0.303 e. The van der Waals surface area contributed by atoms with Crippen molar-refractivity contribution in [2.75, 3.05) is 6.61 Å². The Hall–Kier alpha value is -2.41. The van der Waals surface area contributed by atoms with E-state index in [4.69, 9.17) is 9.84 Å². The lowest BCUT2D eigenvalue weighted by Crippen LogP contribution is -2.43. The van der Waals surface area contributed by atoms with E-state index in [9.17, 15) is 9.59 Å². The molecular formula is C19H24N2O4S. The number of nitrogens with zero attached hydrogens (tertiary/aromatic N) is 1. The van der Waals surface area contributed by atoms with Crippen LogP contribution in [0.15, 0.2) is 24.3 Å². The smallest absolute Gasteiger partial charge is 0.303 e. The Morgan fingerprint density at radius 3 is 2.50 bits per heavy atom. The predicted octanol–water partition coefficient (Wildman–Crippen LogP) is 3.89. The summed E-state index contributed by atoms with van der Waals surface area (Å²) in [6.45, 7) is 7.97. The van der Waals surface area contributed by atoms with Crippen LogP contribution < -0.4 is 10.1 Å². The zero-order valence-electron chi connectivity index (χ0n) is 15.5. The molecule has 2 aromatic rings. The van der Waals surface area contributed by atoms with Gasteiger partial charge in [0.1, 0.15) is 15.6 Å². The molecule has 0 radical (unpaired) electrons. The van der Waals surface area contributed by atoms with Crippen LogP contribution >= 0.6 is 11.3 Å². The largest absolute Gasteiger partial charge is 0.494 e. The zero-order chi connectivity index (χ0) is 19.3. The molecule has 7 heteroatoms. The van der Waals surface area contributed by atoms with E-state index in [2.05, 4.69) is 10.3 Å². The number of nitrogens with one attached hydrogen (secondary N) is 1. The van der Waals surface area contributed by atoms with E-state index in [1.165, 1.54) is 11.3 Å². The normalized spacial score (nSPS) is 11.2. The monoisotopic (exact) mass is 376 g/mol. The molecule has 1 heterocycles. The number of carboxylic acid groups (broad SMARTS) is 1. The first-order chi connectivity index (χ1) is 12.2. The van der Waals surface area contributed by atoms with Crippen LogP contribution in [0.5, 0.6) is 5.75 Å². The number of rotatable bonds is 8. The van der Waals surface area contributed by atoms with Crippen molar-refractivity contribution in [1.82, 2.24) is 10.3 Å². The molecule has 1 aromatic heterocycles. The van der Waals surface area contributed by atoms with E-state index >= 15 is 0 Å². The van der Waals surface area contributed by atoms with Crippen molar-refractivity contribution >= 4 is 23.2 Å². The lowest BCUT2D eigenvalue weighted by atomic mass is 9.98. The van der Waals surface area contributed by atoms with E-state index in [0.29, 0.717) is 23.6 Å². The van der Waals surface area contributed by atoms with Crippen molar-refractivity contribution in [3.8, 4) is 16.3 Å². The van der Waals surface area contributed by atoms with Gasteiger partial charge in [-0.3, -0.25) is 9.59 Å². The number of benzene rings is 1. The summed E-state index contributed by atoms with van der Waals surface area (Å²) in [5, 5.41) is 12.5. The Morgan fingerprint density at radius 2 is 1.92 bits per heavy atom. The number of ether oxygens (including phenoxy) is 1. The van der Waals surface area contributed by atoms with Gasteiger partial charge in [-0.05, 0) is 58.4 Å². The van der Waals surface area contributed by atoms with Gasteiger partial charge in [0.25, 0.3) is 5.91 Å². The second-order valence-electron chi connectivity index (χ2n) is 6.62. The Balaban J connectivity index is 2.13. The van der Waals surface area contributed by atoms with E-state index in [1.807, 2.05) is 45.0 Å². The molecule has 2 rings (SSSR count). The molecule has 0 spiro atoms. The zero-order valence-corrected chi connectivity index (χ0v) is 16.3. The van der Waals surface area contributed by atoms with E-state index in [0.717, 1.165) is 16.3 Å². The minimum atomic E-state index is -0.876. The molecule has 6 nitrogen and oxygen atoms in total. The number of aliphatic carboxylic acids is 1. The van der Waals surface area contributed by atoms with Crippen LogP contribution in [0.25, 0.3) is 10.6 Å². The summed E-state index contributed by atoms with van der Waals surface area (Å²) in [5.74, 6) is -0.311. The molecule has 0 saturated heterocycles. The van der Waals surface area contributed by atoms with Gasteiger partial charge in [0, 0.05) is 17.5 Å². The van der Waals surface area contributed by atoms with Crippen molar-refractivity contribution in [3.05, 3.63) is 34.8 Å². The minimum absolute atomic E-state index is 0.00633. The summed E-state index contributed by atoms with van der Waals surface area (Å²) >= 11 is 1.32. The lowest BCUT2D eigenvalue weighted by molar-refractivity contribution is -0.137. The highest BCUT2D eigenvalue weighted by Gasteiger charge is 2.25. The number of thiazole rings is 1. The van der Waals surface area contributed by atoms with Gasteiger partial charge >= 0.3 is 5.97 Å². The number of aryl methyl sites for hydroxylation is 1. The molecule has 0 bridgehead atoms. The van der Waals surface area contributed by atoms with Crippen LogP contribution in [0, 0.1) is 6.92 Å². The Kier molecular flexibility index (Phi) is 6.37. The van der Waals surface area contributed by atoms with Gasteiger partial charge < -0.3 is 15.2 Å². The fourth-order valence-electron chi connectivity index (χ4n) is 2.44. The highest BCUT2D eigenvalue weighted by Crippen LogP contribution is 2.29. The van der Waals surface area contributed by atoms with Crippen LogP contribution in [0.1, 0.15) is 49.0 Å². The SMILES string of the molecule is CCOc1ccc(-c2nc(C)c(C(=O)NC(C)(C)CCC(=O)O)s2)cc1. The maximum atomic E-state index is 12.6. The Morgan fingerprint density at radius 1 is 1.27 bits per heavy atom. The molecular weight excluding hydrogens is 352 g/mol. The summed E-state index contributed by atoms with van der Waals surface area (Å²) in [5.41, 5.74) is 0.974. The first kappa shape index (κ1) is 19.9. The maximum absolute atomic E-state index is 12.6. The average Bonchev–Trinajstić information content (AvgIpc) is 2.96. The van der Waals surface area contributed by atoms with Crippen LogP contribution in [0.3, 0.4) is 0 Å². The summed E-state index contributed by atoms with van der Waals surface area (Å²) in [7, 11) is 0. The first-order valence-electron chi connectivity index (χ1n) is 8.47. The van der Waals surface area contributed by atoms with Gasteiger partial charge in [-0.1, -0.05) is 0 Å². The first-order valence-corrected chi connectivity index (χ1v) is 9.28. The quantitative estimate of drug-likeness (QED) is 0.730. The molecule has 0 aliphatic heterocycles. The number of carboxylic acids is 1. The summed E-state index contributed by atoms with van der Waals surface area (Å²) < 4.78 is 5.44. The molecule has 0 aliphatic rings. The third kappa shape index (κ3) is 5.29. The molecule has 0 saturated carbocycles. The second-order valence-corrected chi connectivity index (χ2v) is 7.62. The van der Waals surface area contributed by atoms with Gasteiger partial charge in [0.05, 0.1) is 12.3 Å². The van der Waals surface area contributed by atoms with Gasteiger partial charge in [-0.25, -0.2) is 4.98 Å². The third-order valence-corrected chi connectivity index (χ3v) is 5.04. The number of hydrogen-bond donors (Lipinski definition) is 2. The summed E-state index contributed by atoms with van der Waals surface area (Å²) in [6, 6.07) is 7.60. The van der Waals surface area contributed by atoms with Crippen molar-refractivity contribution < 1.29 is 19.4 Å². The molecule has 0 fully saturated rings. The minimum Gasteiger partial charge on any atom is -0.494 e. The fourth-order valence-corrected chi connectivity index (χ4v) is 3.40. The van der Waals surface area contributed by atoms with Crippen LogP contribution in [-0.2, 0) is 4.79 Å². The standard InChI is InChI=1S/C19H24N2O4S/c1-5-25-14-8-6-13(7-9-14)18-20-12(2)16(26-18)17(24)21-19(3,4)11-10-15(22)23/h6-9H,5,10-11H2,1-4H3,(H,21,24)(H,22,23). The summed E-state index contributed by atoms with van der Waals surface area (Å²) in [4.78, 5) is 28.4. The van der Waals surface area contributed by atoms with Crippen LogP contribution in [-0.4, -0.2) is 34.1 Å². The average molecular weight is 376 g/mol. The lowest BCUT2D eigenvalue weighted by Gasteiger charge is -2.25. The third-order valence-electron chi connectivity index (χ3n) is 3.83. The molecule has 2 N–H and O–H groups in total. The van der Waals surface area contributed by atoms with Crippen molar-refractivity contribution in [1.29, 1.82) is 0 Å².